The number of carbonyl (C=O) groups is 2. The summed E-state index contributed by atoms with van der Waals surface area (Å²) in [4.78, 5) is 25.6. The predicted octanol–water partition coefficient (Wildman–Crippen LogP) is 7.15. The summed E-state index contributed by atoms with van der Waals surface area (Å²) in [5.74, 6) is -2.72. The van der Waals surface area contributed by atoms with Gasteiger partial charge in [0, 0.05) is 22.0 Å². The third-order valence-electron chi connectivity index (χ3n) is 9.03. The van der Waals surface area contributed by atoms with Crippen LogP contribution in [0.15, 0.2) is 77.7 Å². The number of piperidine rings is 1. The van der Waals surface area contributed by atoms with Crippen LogP contribution in [0.25, 0.3) is 0 Å². The first-order chi connectivity index (χ1) is 19.9. The first-order valence-electron chi connectivity index (χ1n) is 14.0. The van der Waals surface area contributed by atoms with Crippen molar-refractivity contribution in [2.24, 2.45) is 11.3 Å². The van der Waals surface area contributed by atoms with Crippen LogP contribution in [0.4, 0.5) is 4.39 Å². The Kier molecular flexibility index (Phi) is 8.45. The molecule has 0 bridgehead atoms. The highest BCUT2D eigenvalue weighted by Gasteiger charge is 2.59. The lowest BCUT2D eigenvalue weighted by Crippen LogP contribution is -2.57. The highest BCUT2D eigenvalue weighted by atomic mass is 35.5. The van der Waals surface area contributed by atoms with Crippen molar-refractivity contribution < 1.29 is 27.5 Å². The molecule has 0 radical (unpaired) electrons. The highest BCUT2D eigenvalue weighted by molar-refractivity contribution is 7.92. The number of aliphatic carboxylic acids is 1. The second kappa shape index (κ2) is 11.6. The number of benzene rings is 3. The maximum absolute atomic E-state index is 14.7. The first-order valence-corrected chi connectivity index (χ1v) is 16.2. The van der Waals surface area contributed by atoms with E-state index in [0.29, 0.717) is 34.9 Å². The van der Waals surface area contributed by atoms with Crippen LogP contribution in [-0.2, 0) is 24.2 Å². The van der Waals surface area contributed by atoms with Crippen molar-refractivity contribution >= 4 is 44.9 Å². The maximum Gasteiger partial charge on any atom is 0.304 e. The Balaban J connectivity index is 1.69. The molecular weight excluding hydrogens is 600 g/mol. The lowest BCUT2D eigenvalue weighted by atomic mass is 9.65. The van der Waals surface area contributed by atoms with E-state index in [4.69, 9.17) is 23.2 Å². The zero-order valence-electron chi connectivity index (χ0n) is 23.0. The van der Waals surface area contributed by atoms with Gasteiger partial charge in [-0.25, -0.2) is 12.8 Å². The quantitative estimate of drug-likeness (QED) is 0.232. The molecular formula is C32H32Cl2FNO5S. The molecule has 1 aliphatic heterocycles. The molecule has 6 nitrogen and oxygen atoms in total. The average Bonchev–Trinajstić information content (AvgIpc) is 3.79. The molecule has 2 fully saturated rings. The monoisotopic (exact) mass is 631 g/mol. The highest BCUT2D eigenvalue weighted by Crippen LogP contribution is 2.57. The smallest absolute Gasteiger partial charge is 0.304 e. The van der Waals surface area contributed by atoms with Gasteiger partial charge in [-0.3, -0.25) is 9.59 Å². The summed E-state index contributed by atoms with van der Waals surface area (Å²) in [5.41, 5.74) is 0.152. The Morgan fingerprint density at radius 3 is 2.29 bits per heavy atom. The molecule has 2 N–H and O–H groups in total. The van der Waals surface area contributed by atoms with Gasteiger partial charge in [0.1, 0.15) is 10.6 Å². The van der Waals surface area contributed by atoms with Gasteiger partial charge in [-0.05, 0) is 97.7 Å². The van der Waals surface area contributed by atoms with Crippen molar-refractivity contribution in [3.05, 3.63) is 99.8 Å². The second-order valence-corrected chi connectivity index (χ2v) is 14.6. The van der Waals surface area contributed by atoms with Gasteiger partial charge in [0.05, 0.1) is 16.7 Å². The number of nitrogens with one attached hydrogen (secondary N) is 1. The Morgan fingerprint density at radius 2 is 1.71 bits per heavy atom. The number of rotatable bonds is 10. The zero-order valence-corrected chi connectivity index (χ0v) is 25.4. The van der Waals surface area contributed by atoms with E-state index in [0.717, 1.165) is 17.7 Å². The maximum atomic E-state index is 14.7. The topological polar surface area (TPSA) is 101 Å². The molecule has 3 aromatic rings. The van der Waals surface area contributed by atoms with Gasteiger partial charge in [-0.15, -0.1) is 0 Å². The zero-order chi connectivity index (χ0) is 30.3. The molecule has 42 heavy (non-hydrogen) atoms. The summed E-state index contributed by atoms with van der Waals surface area (Å²) in [7, 11) is -4.15. The number of sulfone groups is 1. The fourth-order valence-corrected chi connectivity index (χ4v) is 9.43. The lowest BCUT2D eigenvalue weighted by Gasteiger charge is -2.47. The minimum absolute atomic E-state index is 0.0130. The van der Waals surface area contributed by atoms with Crippen molar-refractivity contribution in [3.8, 4) is 0 Å². The normalized spacial score (nSPS) is 24.0. The van der Waals surface area contributed by atoms with Crippen molar-refractivity contribution in [1.29, 1.82) is 0 Å². The predicted molar refractivity (Wildman–Crippen MR) is 160 cm³/mol. The summed E-state index contributed by atoms with van der Waals surface area (Å²) in [6.45, 7) is 1.79. The molecule has 5 rings (SSSR count). The molecule has 1 aliphatic carbocycles. The number of hydrogen-bond donors (Lipinski definition) is 2. The van der Waals surface area contributed by atoms with E-state index in [1.54, 1.807) is 49.4 Å². The summed E-state index contributed by atoms with van der Waals surface area (Å²) in [6, 6.07) is 18.0. The minimum Gasteiger partial charge on any atom is -0.481 e. The van der Waals surface area contributed by atoms with Gasteiger partial charge in [-0.2, -0.15) is 0 Å². The average molecular weight is 633 g/mol. The van der Waals surface area contributed by atoms with E-state index < -0.39 is 49.7 Å². The molecule has 1 saturated heterocycles. The van der Waals surface area contributed by atoms with Gasteiger partial charge in [0.15, 0.2) is 9.84 Å². The fraction of sp³-hybridized carbons (Fsp3) is 0.375. The van der Waals surface area contributed by atoms with Crippen molar-refractivity contribution in [2.45, 2.75) is 67.1 Å². The Labute approximate surface area is 255 Å². The SMILES string of the molecule is CC[C@@]1(CC(=O)O)C[C@H](c2cccc(Cl)c2)[C@H](C[C@@](c2ccc(Cl)cc2)(C2CC2)S(=O)(=O)c2ccc(F)cc2)NC1=O. The van der Waals surface area contributed by atoms with Gasteiger partial charge in [0.25, 0.3) is 0 Å². The van der Waals surface area contributed by atoms with Crippen molar-refractivity contribution in [2.75, 3.05) is 0 Å². The van der Waals surface area contributed by atoms with Gasteiger partial charge < -0.3 is 10.4 Å². The molecule has 1 amide bonds. The van der Waals surface area contributed by atoms with Gasteiger partial charge >= 0.3 is 5.97 Å². The summed E-state index contributed by atoms with van der Waals surface area (Å²) in [6.07, 6.45) is 1.50. The third-order valence-corrected chi connectivity index (χ3v) is 12.1. The summed E-state index contributed by atoms with van der Waals surface area (Å²) in [5, 5.41) is 13.7. The number of carboxylic acid groups (broad SMARTS) is 1. The van der Waals surface area contributed by atoms with E-state index in [2.05, 4.69) is 5.32 Å². The number of hydrogen-bond acceptors (Lipinski definition) is 4. The minimum atomic E-state index is -4.15. The first kappa shape index (κ1) is 30.5. The molecule has 0 spiro atoms. The van der Waals surface area contributed by atoms with E-state index in [1.807, 2.05) is 6.07 Å². The molecule has 3 aromatic carbocycles. The lowest BCUT2D eigenvalue weighted by molar-refractivity contribution is -0.148. The van der Waals surface area contributed by atoms with Crippen LogP contribution in [0.2, 0.25) is 10.0 Å². The van der Waals surface area contributed by atoms with Crippen LogP contribution in [0, 0.1) is 17.2 Å². The van der Waals surface area contributed by atoms with Crippen molar-refractivity contribution in [1.82, 2.24) is 5.32 Å². The molecule has 0 unspecified atom stereocenters. The molecule has 222 valence electrons. The van der Waals surface area contributed by atoms with E-state index in [-0.39, 0.29) is 30.1 Å². The Hall–Kier alpha value is -2.94. The van der Waals surface area contributed by atoms with Crippen LogP contribution in [0.3, 0.4) is 0 Å². The van der Waals surface area contributed by atoms with Crippen LogP contribution in [0.1, 0.15) is 62.5 Å². The Bertz CT molecular complexity index is 1590. The van der Waals surface area contributed by atoms with Crippen molar-refractivity contribution in [3.63, 3.8) is 0 Å². The second-order valence-electron chi connectivity index (χ2n) is 11.5. The number of carbonyl (C=O) groups excluding carboxylic acids is 1. The molecule has 0 aromatic heterocycles. The van der Waals surface area contributed by atoms with E-state index in [1.165, 1.54) is 12.1 Å². The van der Waals surface area contributed by atoms with Crippen LogP contribution in [0.5, 0.6) is 0 Å². The van der Waals surface area contributed by atoms with Crippen LogP contribution < -0.4 is 5.32 Å². The van der Waals surface area contributed by atoms with Crippen LogP contribution in [-0.4, -0.2) is 31.4 Å². The number of halogens is 3. The fourth-order valence-electron chi connectivity index (χ4n) is 6.67. The van der Waals surface area contributed by atoms with Gasteiger partial charge in [-0.1, -0.05) is 54.4 Å². The largest absolute Gasteiger partial charge is 0.481 e. The molecule has 2 aliphatic rings. The Morgan fingerprint density at radius 1 is 1.05 bits per heavy atom. The standard InChI is InChI=1S/C32H32Cl2FNO5S/c1-2-31(19-29(37)38)17-27(20-4-3-5-24(34)16-20)28(36-30(31)39)18-32(21-6-7-21,22-8-10-23(33)11-9-22)42(40,41)26-14-12-25(35)13-15-26/h3-5,8-16,21,27-28H,2,6-7,17-19H2,1H3,(H,36,39)(H,37,38)/t27-,28+,31+,32+/m1/s1. The van der Waals surface area contributed by atoms with Gasteiger partial charge in [0.2, 0.25) is 5.91 Å². The third kappa shape index (κ3) is 5.56. The van der Waals surface area contributed by atoms with E-state index in [9.17, 15) is 27.5 Å². The summed E-state index contributed by atoms with van der Waals surface area (Å²) >= 11 is 12.6. The molecule has 4 atom stereocenters. The van der Waals surface area contributed by atoms with E-state index >= 15 is 0 Å². The molecule has 10 heteroatoms. The number of carboxylic acids is 1. The molecule has 1 saturated carbocycles. The number of amides is 1. The summed E-state index contributed by atoms with van der Waals surface area (Å²) < 4.78 is 41.9. The van der Waals surface area contributed by atoms with Crippen LogP contribution >= 0.6 is 23.2 Å². The molecule has 1 heterocycles.